The van der Waals surface area contributed by atoms with Crippen LogP contribution in [0.15, 0.2) is 11.4 Å². The van der Waals surface area contributed by atoms with Gasteiger partial charge in [-0.1, -0.05) is 0 Å². The molecule has 3 N–H and O–H groups in total. The minimum atomic E-state index is -0.908. The average Bonchev–Trinajstić information content (AvgIpc) is 2.61. The highest BCUT2D eigenvalue weighted by Crippen LogP contribution is 2.22. The van der Waals surface area contributed by atoms with E-state index in [0.29, 0.717) is 12.1 Å². The molecule has 5 heteroatoms. The standard InChI is InChI=1S/C12H19NO3S/c1-11(2,12(3,4)16)13-6-9-5-8(7-17-9)10(14)15/h5,7,13,16H,6H2,1-4H3,(H,14,15). The molecule has 1 aromatic heterocycles. The van der Waals surface area contributed by atoms with E-state index < -0.39 is 17.1 Å². The minimum absolute atomic E-state index is 0.313. The highest BCUT2D eigenvalue weighted by molar-refractivity contribution is 7.10. The minimum Gasteiger partial charge on any atom is -0.478 e. The van der Waals surface area contributed by atoms with Crippen LogP contribution in [0.25, 0.3) is 0 Å². The third-order valence-corrected chi connectivity index (χ3v) is 4.07. The Morgan fingerprint density at radius 3 is 2.41 bits per heavy atom. The molecule has 0 saturated heterocycles. The van der Waals surface area contributed by atoms with Crippen molar-refractivity contribution in [3.8, 4) is 0 Å². The molecule has 0 atom stereocenters. The summed E-state index contributed by atoms with van der Waals surface area (Å²) < 4.78 is 0. The van der Waals surface area contributed by atoms with Crippen LogP contribution >= 0.6 is 11.3 Å². The molecule has 0 radical (unpaired) electrons. The van der Waals surface area contributed by atoms with Crippen molar-refractivity contribution in [3.63, 3.8) is 0 Å². The molecule has 4 nitrogen and oxygen atoms in total. The van der Waals surface area contributed by atoms with E-state index in [1.165, 1.54) is 11.3 Å². The number of hydrogen-bond donors (Lipinski definition) is 3. The molecule has 0 fully saturated rings. The van der Waals surface area contributed by atoms with Crippen LogP contribution in [0.2, 0.25) is 0 Å². The van der Waals surface area contributed by atoms with Crippen molar-refractivity contribution in [2.24, 2.45) is 0 Å². The van der Waals surface area contributed by atoms with Gasteiger partial charge >= 0.3 is 5.97 Å². The summed E-state index contributed by atoms with van der Waals surface area (Å²) in [7, 11) is 0. The fourth-order valence-corrected chi connectivity index (χ4v) is 1.91. The largest absolute Gasteiger partial charge is 0.478 e. The topological polar surface area (TPSA) is 69.6 Å². The SMILES string of the molecule is CC(C)(O)C(C)(C)NCc1cc(C(=O)O)cs1. The van der Waals surface area contributed by atoms with Gasteiger partial charge in [0.25, 0.3) is 0 Å². The molecule has 0 bridgehead atoms. The molecule has 17 heavy (non-hydrogen) atoms. The molecule has 0 spiro atoms. The molecule has 96 valence electrons. The Hall–Kier alpha value is -0.910. The molecule has 0 aliphatic heterocycles. The Morgan fingerprint density at radius 1 is 1.41 bits per heavy atom. The van der Waals surface area contributed by atoms with Crippen molar-refractivity contribution in [1.29, 1.82) is 0 Å². The molecule has 0 amide bonds. The Morgan fingerprint density at radius 2 is 2.00 bits per heavy atom. The molecule has 0 unspecified atom stereocenters. The lowest BCUT2D eigenvalue weighted by Crippen LogP contribution is -2.55. The van der Waals surface area contributed by atoms with Crippen LogP contribution in [-0.2, 0) is 6.54 Å². The summed E-state index contributed by atoms with van der Waals surface area (Å²) in [5, 5.41) is 23.6. The van der Waals surface area contributed by atoms with Gasteiger partial charge in [-0.15, -0.1) is 11.3 Å². The summed E-state index contributed by atoms with van der Waals surface area (Å²) in [6.07, 6.45) is 0. The number of rotatable bonds is 5. The molecule has 0 aliphatic carbocycles. The summed E-state index contributed by atoms with van der Waals surface area (Å²) in [6.45, 7) is 7.88. The van der Waals surface area contributed by atoms with Crippen molar-refractivity contribution >= 4 is 17.3 Å². The zero-order valence-corrected chi connectivity index (χ0v) is 11.4. The van der Waals surface area contributed by atoms with Crippen molar-refractivity contribution in [2.45, 2.75) is 45.4 Å². The summed E-state index contributed by atoms with van der Waals surface area (Å²) in [4.78, 5) is 11.7. The first-order chi connectivity index (χ1) is 7.63. The van der Waals surface area contributed by atoms with Gasteiger partial charge in [0.2, 0.25) is 0 Å². The summed E-state index contributed by atoms with van der Waals surface area (Å²) in [5.74, 6) is -0.908. The second-order valence-corrected chi connectivity index (χ2v) is 6.14. The third kappa shape index (κ3) is 3.52. The smallest absolute Gasteiger partial charge is 0.336 e. The maximum Gasteiger partial charge on any atom is 0.336 e. The number of nitrogens with one attached hydrogen (secondary N) is 1. The van der Waals surface area contributed by atoms with Crippen LogP contribution in [0, 0.1) is 0 Å². The number of aliphatic hydroxyl groups is 1. The maximum absolute atomic E-state index is 10.7. The molecular formula is C12H19NO3S. The fourth-order valence-electron chi connectivity index (χ4n) is 1.11. The molecule has 0 aliphatic rings. The van der Waals surface area contributed by atoms with E-state index in [1.54, 1.807) is 25.3 Å². The van der Waals surface area contributed by atoms with Gasteiger partial charge in [-0.05, 0) is 33.8 Å². The normalized spacial score (nSPS) is 12.8. The van der Waals surface area contributed by atoms with E-state index in [9.17, 15) is 9.90 Å². The Balaban J connectivity index is 2.64. The average molecular weight is 257 g/mol. The van der Waals surface area contributed by atoms with Gasteiger partial charge in [0, 0.05) is 22.3 Å². The van der Waals surface area contributed by atoms with E-state index in [4.69, 9.17) is 5.11 Å². The van der Waals surface area contributed by atoms with Crippen LogP contribution in [0.1, 0.15) is 42.9 Å². The highest BCUT2D eigenvalue weighted by atomic mass is 32.1. The van der Waals surface area contributed by atoms with Gasteiger partial charge in [0.1, 0.15) is 0 Å². The van der Waals surface area contributed by atoms with Crippen molar-refractivity contribution in [1.82, 2.24) is 5.32 Å². The predicted octanol–water partition coefficient (Wildman–Crippen LogP) is 2.09. The van der Waals surface area contributed by atoms with Crippen LogP contribution in [0.5, 0.6) is 0 Å². The highest BCUT2D eigenvalue weighted by Gasteiger charge is 2.34. The molecule has 1 heterocycles. The second-order valence-electron chi connectivity index (χ2n) is 5.14. The predicted molar refractivity (Wildman–Crippen MR) is 68.5 cm³/mol. The number of carboxylic acids is 1. The van der Waals surface area contributed by atoms with Gasteiger partial charge in [0.15, 0.2) is 0 Å². The van der Waals surface area contributed by atoms with E-state index in [2.05, 4.69) is 5.32 Å². The number of carbonyl (C=O) groups is 1. The number of carboxylic acid groups (broad SMARTS) is 1. The second kappa shape index (κ2) is 4.76. The lowest BCUT2D eigenvalue weighted by atomic mass is 9.86. The monoisotopic (exact) mass is 257 g/mol. The molecule has 0 saturated carbocycles. The molecule has 1 aromatic rings. The number of thiophene rings is 1. The lowest BCUT2D eigenvalue weighted by Gasteiger charge is -2.38. The first-order valence-corrected chi connectivity index (χ1v) is 6.29. The van der Waals surface area contributed by atoms with E-state index in [1.807, 2.05) is 13.8 Å². The number of hydrogen-bond acceptors (Lipinski definition) is 4. The van der Waals surface area contributed by atoms with Gasteiger partial charge in [-0.2, -0.15) is 0 Å². The van der Waals surface area contributed by atoms with Crippen LogP contribution in [0.4, 0.5) is 0 Å². The summed E-state index contributed by atoms with van der Waals surface area (Å²) >= 11 is 1.40. The first-order valence-electron chi connectivity index (χ1n) is 5.41. The van der Waals surface area contributed by atoms with Gasteiger partial charge in [-0.3, -0.25) is 0 Å². The zero-order chi connectivity index (χ0) is 13.3. The summed E-state index contributed by atoms with van der Waals surface area (Å²) in [5.41, 5.74) is -0.979. The van der Waals surface area contributed by atoms with Crippen LogP contribution in [-0.4, -0.2) is 27.3 Å². The van der Waals surface area contributed by atoms with Crippen molar-refractivity contribution < 1.29 is 15.0 Å². The summed E-state index contributed by atoms with van der Waals surface area (Å²) in [6, 6.07) is 1.65. The van der Waals surface area contributed by atoms with Gasteiger partial charge in [-0.25, -0.2) is 4.79 Å². The fraction of sp³-hybridized carbons (Fsp3) is 0.583. The molecular weight excluding hydrogens is 238 g/mol. The zero-order valence-electron chi connectivity index (χ0n) is 10.6. The Kier molecular flexibility index (Phi) is 3.96. The molecule has 1 rings (SSSR count). The third-order valence-electron chi connectivity index (χ3n) is 3.13. The maximum atomic E-state index is 10.7. The lowest BCUT2D eigenvalue weighted by molar-refractivity contribution is -0.00520. The first kappa shape index (κ1) is 14.2. The van der Waals surface area contributed by atoms with Gasteiger partial charge in [0.05, 0.1) is 11.2 Å². The van der Waals surface area contributed by atoms with E-state index >= 15 is 0 Å². The van der Waals surface area contributed by atoms with E-state index in [-0.39, 0.29) is 0 Å². The van der Waals surface area contributed by atoms with Crippen molar-refractivity contribution in [3.05, 3.63) is 21.9 Å². The van der Waals surface area contributed by atoms with Crippen molar-refractivity contribution in [2.75, 3.05) is 0 Å². The van der Waals surface area contributed by atoms with Gasteiger partial charge < -0.3 is 15.5 Å². The Bertz CT molecular complexity index is 404. The quantitative estimate of drug-likeness (QED) is 0.755. The Labute approximate surface area is 105 Å². The van der Waals surface area contributed by atoms with Crippen LogP contribution in [0.3, 0.4) is 0 Å². The number of aromatic carboxylic acids is 1. The van der Waals surface area contributed by atoms with E-state index in [0.717, 1.165) is 4.88 Å². The molecule has 0 aromatic carbocycles. The van der Waals surface area contributed by atoms with Crippen LogP contribution < -0.4 is 5.32 Å².